The molecule has 0 unspecified atom stereocenters. The molecule has 16 heteroatoms. The third-order valence-electron chi connectivity index (χ3n) is 14.0. The Hall–Kier alpha value is -6.00. The first-order chi connectivity index (χ1) is 31.9. The van der Waals surface area contributed by atoms with Crippen molar-refractivity contribution >= 4 is 57.8 Å². The molecule has 0 spiro atoms. The van der Waals surface area contributed by atoms with Gasteiger partial charge in [0, 0.05) is 116 Å². The first-order valence-corrected chi connectivity index (χ1v) is 23.6. The number of carbonyl (C=O) groups is 2. The number of piperidine rings is 1. The summed E-state index contributed by atoms with van der Waals surface area (Å²) in [6.07, 6.45) is 8.32. The molecule has 2 amide bonds. The maximum Gasteiger partial charge on any atom is 0.293 e. The molecule has 6 heterocycles. The van der Waals surface area contributed by atoms with Crippen molar-refractivity contribution in [2.45, 2.75) is 91.1 Å². The smallest absolute Gasteiger partial charge is 0.293 e. The van der Waals surface area contributed by atoms with E-state index >= 15 is 0 Å². The number of piperazine rings is 1. The van der Waals surface area contributed by atoms with Crippen LogP contribution >= 0.6 is 11.6 Å². The number of pyridine rings is 1. The van der Waals surface area contributed by atoms with Gasteiger partial charge in [0.05, 0.1) is 29.3 Å². The van der Waals surface area contributed by atoms with Crippen LogP contribution in [0.4, 0.5) is 34.4 Å². The molecule has 4 aliphatic rings. The number of carbonyl (C=O) groups excluding carboxylic acids is 2. The summed E-state index contributed by atoms with van der Waals surface area (Å²) in [5.41, 5.74) is 6.97. The van der Waals surface area contributed by atoms with Gasteiger partial charge in [0.2, 0.25) is 5.91 Å². The molecule has 4 N–H and O–H groups in total. The van der Waals surface area contributed by atoms with E-state index in [4.69, 9.17) is 16.6 Å². The SMILES string of the molecule is C=CC(=O)Nc1cc(Nc2nc(-c3ccnc(N4CCn5c(cc6c5CC(C)(C)C6)C4=O)c3CO)cn(C)c2=O)ccc1N1CCN(C2CCN(c3ccc(Cl)c(C(C)(C)O)c3)CC2)C[C@@H]1C. The molecule has 1 atom stereocenters. The number of aryl methyl sites for hydroxylation is 1. The molecule has 0 radical (unpaired) electrons. The highest BCUT2D eigenvalue weighted by Gasteiger charge is 2.38. The third kappa shape index (κ3) is 8.97. The summed E-state index contributed by atoms with van der Waals surface area (Å²) >= 11 is 6.44. The fraction of sp³-hybridized carbons (Fsp3) is 0.431. The Morgan fingerprint density at radius 3 is 2.51 bits per heavy atom. The average molecular weight is 930 g/mol. The van der Waals surface area contributed by atoms with E-state index in [1.165, 1.54) is 21.9 Å². The Balaban J connectivity index is 0.916. The Kier molecular flexibility index (Phi) is 12.3. The summed E-state index contributed by atoms with van der Waals surface area (Å²) in [5, 5.41) is 28.3. The van der Waals surface area contributed by atoms with Gasteiger partial charge in [-0.2, -0.15) is 0 Å². The molecular formula is C51H61ClN10O5. The number of nitrogens with one attached hydrogen (secondary N) is 2. The van der Waals surface area contributed by atoms with E-state index in [0.717, 1.165) is 75.3 Å². The summed E-state index contributed by atoms with van der Waals surface area (Å²) in [5.74, 6) is -0.121. The van der Waals surface area contributed by atoms with E-state index < -0.39 is 12.2 Å². The Morgan fingerprint density at radius 1 is 1.01 bits per heavy atom. The first kappa shape index (κ1) is 46.1. The van der Waals surface area contributed by atoms with Crippen molar-refractivity contribution in [1.29, 1.82) is 0 Å². The number of aromatic nitrogens is 4. The topological polar surface area (TPSA) is 164 Å². The van der Waals surface area contributed by atoms with E-state index in [2.05, 4.69) is 62.2 Å². The second-order valence-corrected chi connectivity index (χ2v) is 20.3. The van der Waals surface area contributed by atoms with Gasteiger partial charge in [-0.15, -0.1) is 0 Å². The molecule has 0 bridgehead atoms. The van der Waals surface area contributed by atoms with Crippen LogP contribution in [0.2, 0.25) is 5.02 Å². The number of hydrogen-bond donors (Lipinski definition) is 4. The number of halogens is 1. The van der Waals surface area contributed by atoms with Crippen LogP contribution in [0, 0.1) is 5.41 Å². The van der Waals surface area contributed by atoms with Gasteiger partial charge in [0.25, 0.3) is 11.5 Å². The van der Waals surface area contributed by atoms with Crippen molar-refractivity contribution in [3.05, 3.63) is 117 Å². The maximum atomic E-state index is 14.0. The summed E-state index contributed by atoms with van der Waals surface area (Å²) in [6, 6.07) is 15.9. The summed E-state index contributed by atoms with van der Waals surface area (Å²) in [4.78, 5) is 58.9. The molecule has 2 fully saturated rings. The second kappa shape index (κ2) is 17.9. The van der Waals surface area contributed by atoms with Crippen LogP contribution in [0.15, 0.2) is 78.4 Å². The van der Waals surface area contributed by atoms with Crippen molar-refractivity contribution < 1.29 is 19.8 Å². The zero-order valence-electron chi connectivity index (χ0n) is 39.3. The van der Waals surface area contributed by atoms with Crippen LogP contribution in [0.1, 0.15) is 80.3 Å². The van der Waals surface area contributed by atoms with E-state index in [0.29, 0.717) is 63.9 Å². The number of amides is 2. The Bertz CT molecular complexity index is 2820. The predicted molar refractivity (Wildman–Crippen MR) is 265 cm³/mol. The van der Waals surface area contributed by atoms with E-state index in [1.54, 1.807) is 50.3 Å². The van der Waals surface area contributed by atoms with Crippen molar-refractivity contribution in [1.82, 2.24) is 24.0 Å². The van der Waals surface area contributed by atoms with Gasteiger partial charge < -0.3 is 39.8 Å². The fourth-order valence-electron chi connectivity index (χ4n) is 10.7. The van der Waals surface area contributed by atoms with Crippen molar-refractivity contribution in [2.24, 2.45) is 12.5 Å². The molecule has 9 rings (SSSR count). The van der Waals surface area contributed by atoms with Gasteiger partial charge in [-0.3, -0.25) is 24.2 Å². The molecule has 1 aliphatic carbocycles. The highest BCUT2D eigenvalue weighted by Crippen LogP contribution is 2.41. The number of hydrogen-bond acceptors (Lipinski definition) is 11. The lowest BCUT2D eigenvalue weighted by molar-refractivity contribution is -0.111. The molecule has 67 heavy (non-hydrogen) atoms. The van der Waals surface area contributed by atoms with Crippen LogP contribution in [-0.4, -0.2) is 97.4 Å². The van der Waals surface area contributed by atoms with Crippen LogP contribution < -0.4 is 30.9 Å². The van der Waals surface area contributed by atoms with E-state index in [-0.39, 0.29) is 34.6 Å². The fourth-order valence-corrected chi connectivity index (χ4v) is 11.0. The van der Waals surface area contributed by atoms with Crippen LogP contribution in [0.5, 0.6) is 0 Å². The lowest BCUT2D eigenvalue weighted by atomic mass is 9.90. The largest absolute Gasteiger partial charge is 0.392 e. The summed E-state index contributed by atoms with van der Waals surface area (Å²) in [7, 11) is 1.64. The number of fused-ring (bicyclic) bond motifs is 3. The minimum absolute atomic E-state index is 0.0436. The lowest BCUT2D eigenvalue weighted by Gasteiger charge is -2.47. The zero-order valence-corrected chi connectivity index (χ0v) is 40.0. The molecule has 3 aromatic heterocycles. The maximum absolute atomic E-state index is 14.0. The van der Waals surface area contributed by atoms with Gasteiger partial charge in [-0.25, -0.2) is 9.97 Å². The monoisotopic (exact) mass is 928 g/mol. The molecule has 5 aromatic rings. The van der Waals surface area contributed by atoms with E-state index in [1.807, 2.05) is 36.4 Å². The number of benzene rings is 2. The molecular weight excluding hydrogens is 868 g/mol. The molecule has 15 nitrogen and oxygen atoms in total. The predicted octanol–water partition coefficient (Wildman–Crippen LogP) is 6.85. The van der Waals surface area contributed by atoms with Gasteiger partial charge in [-0.05, 0) is 112 Å². The molecule has 0 saturated carbocycles. The highest BCUT2D eigenvalue weighted by molar-refractivity contribution is 6.31. The molecule has 3 aliphatic heterocycles. The first-order valence-electron chi connectivity index (χ1n) is 23.3. The van der Waals surface area contributed by atoms with Crippen LogP contribution in [0.3, 0.4) is 0 Å². The van der Waals surface area contributed by atoms with Gasteiger partial charge >= 0.3 is 0 Å². The normalized spacial score (nSPS) is 18.8. The summed E-state index contributed by atoms with van der Waals surface area (Å²) in [6.45, 7) is 18.8. The van der Waals surface area contributed by atoms with Crippen LogP contribution in [0.25, 0.3) is 11.3 Å². The van der Waals surface area contributed by atoms with Crippen LogP contribution in [-0.2, 0) is 43.4 Å². The van der Waals surface area contributed by atoms with Gasteiger partial charge in [0.1, 0.15) is 11.5 Å². The number of aliphatic hydroxyl groups is 2. The summed E-state index contributed by atoms with van der Waals surface area (Å²) < 4.78 is 3.57. The molecule has 2 aromatic carbocycles. The minimum Gasteiger partial charge on any atom is -0.392 e. The van der Waals surface area contributed by atoms with Crippen molar-refractivity contribution in [3.8, 4) is 11.3 Å². The number of nitrogens with zero attached hydrogens (tertiary/aromatic N) is 8. The average Bonchev–Trinajstić information content (AvgIpc) is 3.79. The van der Waals surface area contributed by atoms with Gasteiger partial charge in [0.15, 0.2) is 5.82 Å². The quantitative estimate of drug-likeness (QED) is 0.103. The zero-order chi connectivity index (χ0) is 47.5. The van der Waals surface area contributed by atoms with Crippen molar-refractivity contribution in [3.63, 3.8) is 0 Å². The van der Waals surface area contributed by atoms with E-state index in [9.17, 15) is 24.6 Å². The molecule has 2 saturated heterocycles. The Morgan fingerprint density at radius 2 is 1.79 bits per heavy atom. The van der Waals surface area contributed by atoms with Crippen molar-refractivity contribution in [2.75, 3.05) is 64.6 Å². The number of anilines is 6. The third-order valence-corrected chi connectivity index (χ3v) is 14.4. The Labute approximate surface area is 396 Å². The highest BCUT2D eigenvalue weighted by atomic mass is 35.5. The minimum atomic E-state index is -1.03. The van der Waals surface area contributed by atoms with Gasteiger partial charge in [-0.1, -0.05) is 32.0 Å². The standard InChI is InChI=1S/C51H61ClN10O5/c1-8-45(64)55-40-24-33(9-12-42(40)60-20-19-59(28-31(60)2)34-14-17-58(18-15-34)35-10-11-39(52)38(25-35)51(5,6)67)54-46-49(66)57(7)29-41(56-46)36-13-16-53-47(37(36)30-63)62-22-21-61-43(48(62)65)23-32-26-50(3,4)27-44(32)61/h8-13,16,23-25,29,31,34,63,67H,1,14-15,17-22,26-28,30H2,2-7H3,(H,54,56)(H,55,64)/t31-/m0/s1. The molecule has 352 valence electrons. The lowest BCUT2D eigenvalue weighted by Crippen LogP contribution is -2.57. The number of aliphatic hydroxyl groups excluding tert-OH is 1. The number of rotatable bonds is 11. The second-order valence-electron chi connectivity index (χ2n) is 19.9.